The molecule has 0 rings (SSSR count). The van der Waals surface area contributed by atoms with Crippen molar-refractivity contribution in [2.75, 3.05) is 0 Å². The molecule has 0 bridgehead atoms. The Bertz CT molecular complexity index is 148. The van der Waals surface area contributed by atoms with Gasteiger partial charge in [-0.1, -0.05) is 27.2 Å². The van der Waals surface area contributed by atoms with E-state index in [0.29, 0.717) is 12.7 Å². The molecule has 0 amide bonds. The van der Waals surface area contributed by atoms with E-state index in [4.69, 9.17) is 0 Å². The molecule has 2 nitrogen and oxygen atoms in total. The largest absolute Gasteiger partial charge is 0.295 e. The quantitative estimate of drug-likeness (QED) is 0.450. The summed E-state index contributed by atoms with van der Waals surface area (Å²) in [6.07, 6.45) is 2.65. The molecule has 0 unspecified atom stereocenters. The lowest BCUT2D eigenvalue weighted by Gasteiger charge is -2.20. The highest BCUT2D eigenvalue weighted by Gasteiger charge is 2.15. The highest BCUT2D eigenvalue weighted by molar-refractivity contribution is 6.24. The molecule has 0 aromatic heterocycles. The predicted octanol–water partition coefficient (Wildman–Crippen LogP) is 1.97. The van der Waals surface area contributed by atoms with E-state index in [2.05, 4.69) is 20.8 Å². The Labute approximate surface area is 68.0 Å². The molecule has 0 aromatic carbocycles. The number of carbonyl (C=O) groups is 2. The second-order valence-corrected chi connectivity index (χ2v) is 3.60. The van der Waals surface area contributed by atoms with E-state index >= 15 is 0 Å². The summed E-state index contributed by atoms with van der Waals surface area (Å²) in [5, 5.41) is 0. The van der Waals surface area contributed by atoms with Gasteiger partial charge in [0, 0.05) is 6.42 Å². The van der Waals surface area contributed by atoms with Crippen LogP contribution in [-0.4, -0.2) is 12.1 Å². The summed E-state index contributed by atoms with van der Waals surface area (Å²) in [6.45, 7) is 6.29. The summed E-state index contributed by atoms with van der Waals surface area (Å²) >= 11 is 0. The minimum atomic E-state index is -0.286. The first-order valence-electron chi connectivity index (χ1n) is 4.00. The highest BCUT2D eigenvalue weighted by atomic mass is 16.2. The van der Waals surface area contributed by atoms with Crippen LogP contribution in [0.5, 0.6) is 0 Å². The van der Waals surface area contributed by atoms with Crippen LogP contribution in [0.3, 0.4) is 0 Å². The molecular formula is C9H16O2. The van der Waals surface area contributed by atoms with Crippen LogP contribution in [0.25, 0.3) is 0 Å². The Morgan fingerprint density at radius 1 is 1.45 bits per heavy atom. The number of aldehydes is 1. The van der Waals surface area contributed by atoms with Gasteiger partial charge in [-0.2, -0.15) is 0 Å². The number of hydrogen-bond acceptors (Lipinski definition) is 2. The van der Waals surface area contributed by atoms with Crippen LogP contribution in [0.4, 0.5) is 0 Å². The van der Waals surface area contributed by atoms with Gasteiger partial charge < -0.3 is 0 Å². The van der Waals surface area contributed by atoms with Gasteiger partial charge in [0.15, 0.2) is 12.1 Å². The molecule has 64 valence electrons. The molecule has 0 aliphatic rings. The Morgan fingerprint density at radius 2 is 2.00 bits per heavy atom. The predicted molar refractivity (Wildman–Crippen MR) is 44.4 cm³/mol. The van der Waals surface area contributed by atoms with E-state index in [1.807, 2.05) is 0 Å². The van der Waals surface area contributed by atoms with E-state index in [0.717, 1.165) is 12.8 Å². The minimum Gasteiger partial charge on any atom is -0.295 e. The fraction of sp³-hybridized carbons (Fsp3) is 0.778. The molecule has 0 radical (unpaired) electrons. The van der Waals surface area contributed by atoms with Gasteiger partial charge in [0.25, 0.3) is 0 Å². The van der Waals surface area contributed by atoms with Crippen molar-refractivity contribution < 1.29 is 9.59 Å². The van der Waals surface area contributed by atoms with Crippen LogP contribution in [0, 0.1) is 5.41 Å². The van der Waals surface area contributed by atoms with Crippen LogP contribution in [-0.2, 0) is 9.59 Å². The fourth-order valence-corrected chi connectivity index (χ4v) is 0.697. The lowest BCUT2D eigenvalue weighted by atomic mass is 9.85. The van der Waals surface area contributed by atoms with Crippen LogP contribution < -0.4 is 0 Å². The maximum absolute atomic E-state index is 10.6. The minimum absolute atomic E-state index is 0.193. The molecule has 0 heterocycles. The molecule has 0 fully saturated rings. The zero-order chi connectivity index (χ0) is 8.91. The molecule has 2 heteroatoms. The molecule has 0 saturated heterocycles. The molecule has 0 saturated carbocycles. The van der Waals surface area contributed by atoms with Crippen molar-refractivity contribution in [1.29, 1.82) is 0 Å². The number of ketones is 1. The monoisotopic (exact) mass is 156 g/mol. The van der Waals surface area contributed by atoms with Gasteiger partial charge in [-0.3, -0.25) is 9.59 Å². The average molecular weight is 156 g/mol. The summed E-state index contributed by atoms with van der Waals surface area (Å²) in [7, 11) is 0. The molecule has 0 spiro atoms. The van der Waals surface area contributed by atoms with Crippen molar-refractivity contribution >= 4 is 12.1 Å². The van der Waals surface area contributed by atoms with E-state index in [1.165, 1.54) is 0 Å². The third kappa shape index (κ3) is 4.71. The summed E-state index contributed by atoms with van der Waals surface area (Å²) in [6, 6.07) is 0. The lowest BCUT2D eigenvalue weighted by molar-refractivity contribution is -0.130. The topological polar surface area (TPSA) is 34.1 Å². The van der Waals surface area contributed by atoms with Crippen molar-refractivity contribution in [1.82, 2.24) is 0 Å². The normalized spacial score (nSPS) is 11.2. The summed E-state index contributed by atoms with van der Waals surface area (Å²) in [4.78, 5) is 20.6. The second-order valence-electron chi connectivity index (χ2n) is 3.60. The van der Waals surface area contributed by atoms with Gasteiger partial charge in [0.2, 0.25) is 0 Å². The van der Waals surface area contributed by atoms with E-state index < -0.39 is 0 Å². The molecule has 0 aromatic rings. The number of carbonyl (C=O) groups excluding carboxylic acids is 2. The summed E-state index contributed by atoms with van der Waals surface area (Å²) in [5.41, 5.74) is 0.193. The molecular weight excluding hydrogens is 140 g/mol. The second kappa shape index (κ2) is 4.27. The SMILES string of the molecule is CCC(C)(C)CCC(=O)C=O. The van der Waals surface area contributed by atoms with Crippen molar-refractivity contribution in [3.8, 4) is 0 Å². The molecule has 0 aliphatic heterocycles. The third-order valence-corrected chi connectivity index (χ3v) is 2.14. The van der Waals surface area contributed by atoms with Crippen molar-refractivity contribution in [3.05, 3.63) is 0 Å². The highest BCUT2D eigenvalue weighted by Crippen LogP contribution is 2.25. The number of Topliss-reactive ketones (excluding diaryl/α,β-unsaturated/α-hetero) is 1. The Morgan fingerprint density at radius 3 is 2.36 bits per heavy atom. The maximum Gasteiger partial charge on any atom is 0.195 e. The van der Waals surface area contributed by atoms with E-state index in [-0.39, 0.29) is 11.2 Å². The molecule has 0 aliphatic carbocycles. The smallest absolute Gasteiger partial charge is 0.195 e. The van der Waals surface area contributed by atoms with Gasteiger partial charge in [-0.05, 0) is 11.8 Å². The first-order valence-corrected chi connectivity index (χ1v) is 4.00. The lowest BCUT2D eigenvalue weighted by Crippen LogP contribution is -2.12. The maximum atomic E-state index is 10.6. The average Bonchev–Trinajstić information content (AvgIpc) is 2.00. The van der Waals surface area contributed by atoms with Crippen LogP contribution >= 0.6 is 0 Å². The van der Waals surface area contributed by atoms with Gasteiger partial charge in [0.1, 0.15) is 0 Å². The van der Waals surface area contributed by atoms with Gasteiger partial charge in [-0.15, -0.1) is 0 Å². The van der Waals surface area contributed by atoms with Crippen LogP contribution in [0.1, 0.15) is 40.0 Å². The zero-order valence-corrected chi connectivity index (χ0v) is 7.52. The van der Waals surface area contributed by atoms with E-state index in [9.17, 15) is 9.59 Å². The number of hydrogen-bond donors (Lipinski definition) is 0. The Hall–Kier alpha value is -0.660. The Balaban J connectivity index is 3.69. The van der Waals surface area contributed by atoms with Crippen molar-refractivity contribution in [3.63, 3.8) is 0 Å². The van der Waals surface area contributed by atoms with Gasteiger partial charge in [-0.25, -0.2) is 0 Å². The van der Waals surface area contributed by atoms with Crippen LogP contribution in [0.15, 0.2) is 0 Å². The summed E-state index contributed by atoms with van der Waals surface area (Å²) < 4.78 is 0. The standard InChI is InChI=1S/C9H16O2/c1-4-9(2,3)6-5-8(11)7-10/h7H,4-6H2,1-3H3. The summed E-state index contributed by atoms with van der Waals surface area (Å²) in [5.74, 6) is -0.286. The fourth-order valence-electron chi connectivity index (χ4n) is 0.697. The first-order chi connectivity index (χ1) is 5.02. The van der Waals surface area contributed by atoms with Crippen molar-refractivity contribution in [2.45, 2.75) is 40.0 Å². The molecule has 0 N–H and O–H groups in total. The number of rotatable bonds is 5. The molecule has 0 atom stereocenters. The Kier molecular flexibility index (Phi) is 4.01. The first kappa shape index (κ1) is 10.3. The zero-order valence-electron chi connectivity index (χ0n) is 7.52. The van der Waals surface area contributed by atoms with Gasteiger partial charge >= 0.3 is 0 Å². The molecule has 11 heavy (non-hydrogen) atoms. The third-order valence-electron chi connectivity index (χ3n) is 2.14. The van der Waals surface area contributed by atoms with Crippen molar-refractivity contribution in [2.24, 2.45) is 5.41 Å². The van der Waals surface area contributed by atoms with Crippen LogP contribution in [0.2, 0.25) is 0 Å². The van der Waals surface area contributed by atoms with E-state index in [1.54, 1.807) is 0 Å². The van der Waals surface area contributed by atoms with Gasteiger partial charge in [0.05, 0.1) is 0 Å².